The number of Topliss-reactive ketones (excluding diaryl/α,β-unsaturated/α-hetero) is 1. The van der Waals surface area contributed by atoms with Crippen molar-refractivity contribution in [2.24, 2.45) is 14.1 Å². The van der Waals surface area contributed by atoms with Gasteiger partial charge in [0.25, 0.3) is 11.2 Å². The maximum atomic E-state index is 13.2. The van der Waals surface area contributed by atoms with Gasteiger partial charge in [-0.3, -0.25) is 28.8 Å². The summed E-state index contributed by atoms with van der Waals surface area (Å²) in [4.78, 5) is 54.0. The maximum absolute atomic E-state index is 13.2. The lowest BCUT2D eigenvalue weighted by molar-refractivity contribution is -0.384. The molecule has 0 spiro atoms. The van der Waals surface area contributed by atoms with Crippen LogP contribution >= 0.6 is 23.2 Å². The summed E-state index contributed by atoms with van der Waals surface area (Å²) in [5.74, 6) is 0.131. The van der Waals surface area contributed by atoms with E-state index in [4.69, 9.17) is 23.2 Å². The zero-order valence-corrected chi connectivity index (χ0v) is 19.2. The molecule has 0 fully saturated rings. The third-order valence-electron chi connectivity index (χ3n) is 5.27. The van der Waals surface area contributed by atoms with Crippen molar-refractivity contribution in [3.8, 4) is 11.1 Å². The Hall–Kier alpha value is -3.04. The minimum Gasteiger partial charge on any atom is -0.294 e. The van der Waals surface area contributed by atoms with Crippen molar-refractivity contribution in [3.05, 3.63) is 65.4 Å². The fourth-order valence-corrected chi connectivity index (χ4v) is 4.02. The van der Waals surface area contributed by atoms with Gasteiger partial charge in [0.15, 0.2) is 5.78 Å². The number of nitro benzene ring substituents is 1. The Kier molecular flexibility index (Phi) is 6.80. The van der Waals surface area contributed by atoms with Crippen LogP contribution in [-0.4, -0.2) is 30.7 Å². The summed E-state index contributed by atoms with van der Waals surface area (Å²) in [6.45, 7) is 1.60. The summed E-state index contributed by atoms with van der Waals surface area (Å²) in [5, 5.41) is 11.4. The SMILES string of the molecule is Cc1nc2c(c(-c3ccc(Cl)c([N+](=O)[O-])c3)c1C(=O)CCCCCl)c(=O)n(C)c(=O)n2C. The highest BCUT2D eigenvalue weighted by Gasteiger charge is 2.26. The number of aromatic nitrogens is 3. The molecular weight excluding hydrogens is 459 g/mol. The molecule has 9 nitrogen and oxygen atoms in total. The molecule has 0 amide bonds. The summed E-state index contributed by atoms with van der Waals surface area (Å²) in [6.07, 6.45) is 1.33. The Morgan fingerprint density at radius 3 is 2.50 bits per heavy atom. The molecule has 0 atom stereocenters. The molecule has 0 aliphatic rings. The molecular formula is C21H20Cl2N4O5. The number of unbranched alkanes of at least 4 members (excludes halogenated alkanes) is 1. The number of nitrogens with zero attached hydrogens (tertiary/aromatic N) is 4. The van der Waals surface area contributed by atoms with Crippen molar-refractivity contribution in [3.63, 3.8) is 0 Å². The van der Waals surface area contributed by atoms with Gasteiger partial charge in [-0.2, -0.15) is 0 Å². The number of carbonyl (C=O) groups excluding carboxylic acids is 1. The summed E-state index contributed by atoms with van der Waals surface area (Å²) in [7, 11) is 2.78. The number of rotatable bonds is 7. The van der Waals surface area contributed by atoms with Crippen molar-refractivity contribution >= 4 is 45.7 Å². The van der Waals surface area contributed by atoms with Crippen molar-refractivity contribution in [2.45, 2.75) is 26.2 Å². The number of aryl methyl sites for hydroxylation is 2. The van der Waals surface area contributed by atoms with Crippen LogP contribution in [0.2, 0.25) is 5.02 Å². The molecule has 0 unspecified atom stereocenters. The number of hydrogen-bond acceptors (Lipinski definition) is 6. The third kappa shape index (κ3) is 4.05. The highest BCUT2D eigenvalue weighted by molar-refractivity contribution is 6.32. The standard InChI is InChI=1S/C21H20Cl2N4O5/c1-11-16(15(28)6-4-5-9-22)17(12-7-8-13(23)14(10-12)27(31)32)18-19(24-11)25(2)21(30)26(3)20(18)29/h7-8,10H,4-6,9H2,1-3H3. The first kappa shape index (κ1) is 23.6. The Labute approximate surface area is 192 Å². The van der Waals surface area contributed by atoms with E-state index >= 15 is 0 Å². The number of carbonyl (C=O) groups is 1. The van der Waals surface area contributed by atoms with Gasteiger partial charge >= 0.3 is 5.69 Å². The Bertz CT molecular complexity index is 1380. The van der Waals surface area contributed by atoms with Gasteiger partial charge < -0.3 is 0 Å². The molecule has 168 valence electrons. The Morgan fingerprint density at radius 1 is 1.19 bits per heavy atom. The van der Waals surface area contributed by atoms with Crippen LogP contribution in [0, 0.1) is 17.0 Å². The lowest BCUT2D eigenvalue weighted by Gasteiger charge is -2.17. The van der Waals surface area contributed by atoms with Crippen molar-refractivity contribution in [1.29, 1.82) is 0 Å². The number of hydrogen-bond donors (Lipinski definition) is 0. The van der Waals surface area contributed by atoms with Crippen LogP contribution in [0.3, 0.4) is 0 Å². The number of benzene rings is 1. The van der Waals surface area contributed by atoms with Crippen LogP contribution in [0.5, 0.6) is 0 Å². The van der Waals surface area contributed by atoms with E-state index in [0.717, 1.165) is 4.57 Å². The van der Waals surface area contributed by atoms with Crippen molar-refractivity contribution in [2.75, 3.05) is 5.88 Å². The van der Waals surface area contributed by atoms with Crippen LogP contribution in [0.1, 0.15) is 35.3 Å². The predicted octanol–water partition coefficient (Wildman–Crippen LogP) is 3.76. The van der Waals surface area contributed by atoms with E-state index in [2.05, 4.69) is 4.98 Å². The van der Waals surface area contributed by atoms with Crippen LogP contribution < -0.4 is 11.2 Å². The molecule has 1 aromatic carbocycles. The number of pyridine rings is 1. The first-order valence-electron chi connectivity index (χ1n) is 9.74. The monoisotopic (exact) mass is 478 g/mol. The van der Waals surface area contributed by atoms with Gasteiger partial charge in [-0.25, -0.2) is 9.78 Å². The number of halogens is 2. The molecule has 2 heterocycles. The van der Waals surface area contributed by atoms with E-state index in [1.165, 1.54) is 36.9 Å². The van der Waals surface area contributed by atoms with Gasteiger partial charge in [0.05, 0.1) is 16.0 Å². The summed E-state index contributed by atoms with van der Waals surface area (Å²) in [5.41, 5.74) is -0.577. The molecule has 3 rings (SSSR count). The van der Waals surface area contributed by atoms with E-state index < -0.39 is 16.2 Å². The normalized spacial score (nSPS) is 11.2. The second-order valence-electron chi connectivity index (χ2n) is 7.34. The largest absolute Gasteiger partial charge is 0.332 e. The van der Waals surface area contributed by atoms with Gasteiger partial charge in [0.1, 0.15) is 10.7 Å². The minimum absolute atomic E-state index is 0.0255. The molecule has 0 aliphatic heterocycles. The number of alkyl halides is 1. The number of ketones is 1. The fourth-order valence-electron chi connectivity index (χ4n) is 3.65. The second kappa shape index (κ2) is 9.22. The highest BCUT2D eigenvalue weighted by Crippen LogP contribution is 2.36. The smallest absolute Gasteiger partial charge is 0.294 e. The molecule has 3 aromatic rings. The molecule has 32 heavy (non-hydrogen) atoms. The lowest BCUT2D eigenvalue weighted by Crippen LogP contribution is -2.38. The maximum Gasteiger partial charge on any atom is 0.332 e. The summed E-state index contributed by atoms with van der Waals surface area (Å²) >= 11 is 11.7. The number of fused-ring (bicyclic) bond motifs is 1. The molecule has 0 N–H and O–H groups in total. The predicted molar refractivity (Wildman–Crippen MR) is 123 cm³/mol. The summed E-state index contributed by atoms with van der Waals surface area (Å²) < 4.78 is 2.12. The zero-order valence-electron chi connectivity index (χ0n) is 17.6. The van der Waals surface area contributed by atoms with Crippen LogP contribution in [0.4, 0.5) is 5.69 Å². The Morgan fingerprint density at radius 2 is 1.88 bits per heavy atom. The molecule has 0 aliphatic carbocycles. The van der Waals surface area contributed by atoms with Crippen molar-refractivity contribution in [1.82, 2.24) is 14.1 Å². The average Bonchev–Trinajstić information content (AvgIpc) is 2.75. The van der Waals surface area contributed by atoms with E-state index in [1.54, 1.807) is 6.92 Å². The first-order chi connectivity index (χ1) is 15.1. The minimum atomic E-state index is -0.655. The summed E-state index contributed by atoms with van der Waals surface area (Å²) in [6, 6.07) is 4.06. The Balaban J connectivity index is 2.50. The molecule has 0 saturated carbocycles. The fraction of sp³-hybridized carbons (Fsp3) is 0.333. The lowest BCUT2D eigenvalue weighted by atomic mass is 9.91. The van der Waals surface area contributed by atoms with Crippen LogP contribution in [0.25, 0.3) is 22.2 Å². The average molecular weight is 479 g/mol. The van der Waals surface area contributed by atoms with Gasteiger partial charge in [-0.05, 0) is 31.4 Å². The van der Waals surface area contributed by atoms with Crippen LogP contribution in [-0.2, 0) is 14.1 Å². The third-order valence-corrected chi connectivity index (χ3v) is 5.85. The van der Waals surface area contributed by atoms with Crippen molar-refractivity contribution < 1.29 is 9.72 Å². The molecule has 0 bridgehead atoms. The van der Waals surface area contributed by atoms with Gasteiger partial charge in [-0.1, -0.05) is 17.7 Å². The topological polar surface area (TPSA) is 117 Å². The van der Waals surface area contributed by atoms with Crippen LogP contribution in [0.15, 0.2) is 27.8 Å². The van der Waals surface area contributed by atoms with E-state index in [9.17, 15) is 24.5 Å². The van der Waals surface area contributed by atoms with E-state index in [0.29, 0.717) is 24.4 Å². The van der Waals surface area contributed by atoms with E-state index in [-0.39, 0.29) is 50.6 Å². The van der Waals surface area contributed by atoms with Gasteiger partial charge in [0.2, 0.25) is 0 Å². The van der Waals surface area contributed by atoms with Gasteiger partial charge in [-0.15, -0.1) is 11.6 Å². The second-order valence-corrected chi connectivity index (χ2v) is 8.13. The zero-order chi connectivity index (χ0) is 23.7. The first-order valence-corrected chi connectivity index (χ1v) is 10.6. The molecule has 0 saturated heterocycles. The number of nitro groups is 1. The molecule has 2 aromatic heterocycles. The quantitative estimate of drug-likeness (QED) is 0.168. The molecule has 0 radical (unpaired) electrons. The van der Waals surface area contributed by atoms with E-state index in [1.807, 2.05) is 0 Å². The molecule has 11 heteroatoms. The highest BCUT2D eigenvalue weighted by atomic mass is 35.5. The van der Waals surface area contributed by atoms with Gasteiger partial charge in [0, 0.05) is 43.6 Å².